The lowest BCUT2D eigenvalue weighted by Crippen LogP contribution is -2.21. The van der Waals surface area contributed by atoms with Crippen molar-refractivity contribution in [3.05, 3.63) is 53.4 Å². The Bertz CT molecular complexity index is 832. The first-order chi connectivity index (χ1) is 12.1. The van der Waals surface area contributed by atoms with Crippen molar-refractivity contribution >= 4 is 17.7 Å². The predicted molar refractivity (Wildman–Crippen MR) is 92.7 cm³/mol. The van der Waals surface area contributed by atoms with Gasteiger partial charge in [-0.3, -0.25) is 4.79 Å². The highest BCUT2D eigenvalue weighted by molar-refractivity contribution is 6.08. The van der Waals surface area contributed by atoms with E-state index >= 15 is 0 Å². The predicted octanol–water partition coefficient (Wildman–Crippen LogP) is 3.65. The Labute approximate surface area is 145 Å². The number of para-hydroxylation sites is 1. The van der Waals surface area contributed by atoms with E-state index in [0.717, 1.165) is 5.56 Å². The van der Waals surface area contributed by atoms with Crippen LogP contribution in [0.1, 0.15) is 12.5 Å². The van der Waals surface area contributed by atoms with Crippen molar-refractivity contribution in [1.82, 2.24) is 0 Å². The average Bonchev–Trinajstić information content (AvgIpc) is 2.63. The van der Waals surface area contributed by atoms with Crippen molar-refractivity contribution in [3.63, 3.8) is 0 Å². The Balaban J connectivity index is 1.83. The summed E-state index contributed by atoms with van der Waals surface area (Å²) in [7, 11) is 1.42. The molecule has 0 fully saturated rings. The summed E-state index contributed by atoms with van der Waals surface area (Å²) in [6.07, 6.45) is 1.76. The summed E-state index contributed by atoms with van der Waals surface area (Å²) in [4.78, 5) is 12.5. The van der Waals surface area contributed by atoms with Gasteiger partial charge in [-0.05, 0) is 31.2 Å². The summed E-state index contributed by atoms with van der Waals surface area (Å²) in [5, 5.41) is 2.72. The van der Waals surface area contributed by atoms with E-state index < -0.39 is 5.82 Å². The van der Waals surface area contributed by atoms with Crippen LogP contribution in [0.25, 0.3) is 6.08 Å². The van der Waals surface area contributed by atoms with Crippen molar-refractivity contribution in [1.29, 1.82) is 0 Å². The average molecular weight is 343 g/mol. The fourth-order valence-electron chi connectivity index (χ4n) is 2.55. The number of nitrogens with one attached hydrogen (secondary N) is 1. The minimum atomic E-state index is -0.438. The molecule has 25 heavy (non-hydrogen) atoms. The molecule has 1 heterocycles. The molecule has 3 rings (SSSR count). The molecule has 2 aromatic carbocycles. The van der Waals surface area contributed by atoms with Gasteiger partial charge in [0.05, 0.1) is 25.0 Å². The minimum Gasteiger partial charge on any atom is -0.494 e. The minimum absolute atomic E-state index is 0.117. The number of halogens is 1. The van der Waals surface area contributed by atoms with Crippen molar-refractivity contribution in [2.24, 2.45) is 0 Å². The number of hydrogen-bond donors (Lipinski definition) is 1. The van der Waals surface area contributed by atoms with Crippen molar-refractivity contribution in [2.75, 3.05) is 25.6 Å². The molecule has 0 aromatic heterocycles. The van der Waals surface area contributed by atoms with Crippen LogP contribution < -0.4 is 19.5 Å². The van der Waals surface area contributed by atoms with Gasteiger partial charge in [-0.25, -0.2) is 4.39 Å². The summed E-state index contributed by atoms with van der Waals surface area (Å²) in [6.45, 7) is 2.54. The molecule has 0 bridgehead atoms. The smallest absolute Gasteiger partial charge is 0.255 e. The van der Waals surface area contributed by atoms with Gasteiger partial charge in [0, 0.05) is 11.6 Å². The molecule has 2 aromatic rings. The maximum Gasteiger partial charge on any atom is 0.255 e. The number of benzene rings is 2. The Morgan fingerprint density at radius 3 is 2.88 bits per heavy atom. The molecule has 0 radical (unpaired) electrons. The van der Waals surface area contributed by atoms with Crippen LogP contribution in [-0.2, 0) is 4.79 Å². The third-order valence-electron chi connectivity index (χ3n) is 3.71. The summed E-state index contributed by atoms with van der Waals surface area (Å²) < 4.78 is 29.6. The lowest BCUT2D eigenvalue weighted by atomic mass is 10.1. The van der Waals surface area contributed by atoms with Gasteiger partial charge in [0.25, 0.3) is 5.91 Å². The quantitative estimate of drug-likeness (QED) is 0.900. The van der Waals surface area contributed by atoms with Gasteiger partial charge in [0.2, 0.25) is 0 Å². The third-order valence-corrected chi connectivity index (χ3v) is 3.71. The molecule has 0 atom stereocenters. The molecule has 5 nitrogen and oxygen atoms in total. The van der Waals surface area contributed by atoms with E-state index in [-0.39, 0.29) is 18.3 Å². The number of fused-ring (bicyclic) bond motifs is 1. The number of rotatable bonds is 5. The summed E-state index contributed by atoms with van der Waals surface area (Å²) in [5.74, 6) is 0.755. The Morgan fingerprint density at radius 1 is 1.28 bits per heavy atom. The fraction of sp³-hybridized carbons (Fsp3) is 0.211. The van der Waals surface area contributed by atoms with Gasteiger partial charge in [0.1, 0.15) is 18.2 Å². The van der Waals surface area contributed by atoms with Crippen LogP contribution in [0, 0.1) is 5.82 Å². The van der Waals surface area contributed by atoms with Crippen LogP contribution in [0.15, 0.2) is 42.0 Å². The zero-order valence-electron chi connectivity index (χ0n) is 14.0. The molecule has 0 unspecified atom stereocenters. The summed E-state index contributed by atoms with van der Waals surface area (Å²) in [6, 6.07) is 9.44. The van der Waals surface area contributed by atoms with Gasteiger partial charge >= 0.3 is 0 Å². The van der Waals surface area contributed by atoms with Crippen LogP contribution in [-0.4, -0.2) is 26.2 Å². The molecule has 1 aliphatic rings. The number of ether oxygens (including phenoxy) is 3. The number of anilines is 1. The molecular formula is C19H18FNO4. The maximum absolute atomic E-state index is 13.3. The fourth-order valence-corrected chi connectivity index (χ4v) is 2.55. The topological polar surface area (TPSA) is 56.8 Å². The summed E-state index contributed by atoms with van der Waals surface area (Å²) in [5.41, 5.74) is 1.62. The number of carbonyl (C=O) groups excluding carboxylic acids is 1. The van der Waals surface area contributed by atoms with E-state index in [1.165, 1.54) is 25.3 Å². The van der Waals surface area contributed by atoms with E-state index in [9.17, 15) is 9.18 Å². The second-order valence-electron chi connectivity index (χ2n) is 5.36. The molecule has 0 spiro atoms. The lowest BCUT2D eigenvalue weighted by Gasteiger charge is -2.20. The highest BCUT2D eigenvalue weighted by Crippen LogP contribution is 2.36. The van der Waals surface area contributed by atoms with Gasteiger partial charge in [-0.15, -0.1) is 0 Å². The zero-order valence-corrected chi connectivity index (χ0v) is 14.0. The highest BCUT2D eigenvalue weighted by atomic mass is 19.1. The van der Waals surface area contributed by atoms with E-state index in [2.05, 4.69) is 5.32 Å². The maximum atomic E-state index is 13.3. The van der Waals surface area contributed by atoms with Crippen LogP contribution in [0.5, 0.6) is 17.2 Å². The second kappa shape index (κ2) is 7.25. The standard InChI is InChI=1S/C19H18FNO4/c1-3-24-16-6-4-5-12-9-13(11-25-18(12)16)19(22)21-15-8-7-14(20)10-17(15)23-2/h4-10H,3,11H2,1-2H3,(H,21,22). The number of carbonyl (C=O) groups is 1. The normalized spacial score (nSPS) is 12.5. The first-order valence-corrected chi connectivity index (χ1v) is 7.86. The largest absolute Gasteiger partial charge is 0.494 e. The van der Waals surface area contributed by atoms with E-state index in [1.807, 2.05) is 25.1 Å². The lowest BCUT2D eigenvalue weighted by molar-refractivity contribution is -0.113. The Morgan fingerprint density at radius 2 is 2.12 bits per heavy atom. The van der Waals surface area contributed by atoms with E-state index in [4.69, 9.17) is 14.2 Å². The first kappa shape index (κ1) is 16.8. The zero-order chi connectivity index (χ0) is 17.8. The number of hydrogen-bond acceptors (Lipinski definition) is 4. The van der Waals surface area contributed by atoms with Crippen LogP contribution in [0.2, 0.25) is 0 Å². The van der Waals surface area contributed by atoms with Gasteiger partial charge in [-0.2, -0.15) is 0 Å². The third kappa shape index (κ3) is 3.57. The monoisotopic (exact) mass is 343 g/mol. The van der Waals surface area contributed by atoms with Crippen molar-refractivity contribution < 1.29 is 23.4 Å². The summed E-state index contributed by atoms with van der Waals surface area (Å²) >= 11 is 0. The van der Waals surface area contributed by atoms with E-state index in [0.29, 0.717) is 29.4 Å². The number of methoxy groups -OCH3 is 1. The molecule has 0 saturated heterocycles. The molecule has 0 saturated carbocycles. The molecule has 1 amide bonds. The van der Waals surface area contributed by atoms with Gasteiger partial charge in [0.15, 0.2) is 11.5 Å². The first-order valence-electron chi connectivity index (χ1n) is 7.86. The Kier molecular flexibility index (Phi) is 4.88. The molecule has 6 heteroatoms. The SMILES string of the molecule is CCOc1cccc2c1OCC(C(=O)Nc1ccc(F)cc1OC)=C2. The van der Waals surface area contributed by atoms with Crippen LogP contribution in [0.4, 0.5) is 10.1 Å². The number of amides is 1. The van der Waals surface area contributed by atoms with Crippen LogP contribution >= 0.6 is 0 Å². The molecule has 1 aliphatic heterocycles. The van der Waals surface area contributed by atoms with Crippen molar-refractivity contribution in [3.8, 4) is 17.2 Å². The molecule has 130 valence electrons. The molecule has 1 N–H and O–H groups in total. The Hall–Kier alpha value is -3.02. The van der Waals surface area contributed by atoms with Gasteiger partial charge < -0.3 is 19.5 Å². The van der Waals surface area contributed by atoms with E-state index in [1.54, 1.807) is 6.08 Å². The molecular weight excluding hydrogens is 325 g/mol. The highest BCUT2D eigenvalue weighted by Gasteiger charge is 2.21. The second-order valence-corrected chi connectivity index (χ2v) is 5.36. The molecule has 0 aliphatic carbocycles. The van der Waals surface area contributed by atoms with Crippen molar-refractivity contribution in [2.45, 2.75) is 6.92 Å². The van der Waals surface area contributed by atoms with Crippen LogP contribution in [0.3, 0.4) is 0 Å². The van der Waals surface area contributed by atoms with Gasteiger partial charge in [-0.1, -0.05) is 12.1 Å².